The lowest BCUT2D eigenvalue weighted by molar-refractivity contribution is 0.117. The Balaban J connectivity index is 2.86. The summed E-state index contributed by atoms with van der Waals surface area (Å²) >= 11 is 0. The van der Waals surface area contributed by atoms with E-state index in [-0.39, 0.29) is 17.9 Å². The quantitative estimate of drug-likeness (QED) is 0.691. The van der Waals surface area contributed by atoms with E-state index in [9.17, 15) is 8.42 Å². The molecule has 0 spiro atoms. The third kappa shape index (κ3) is 4.16. The van der Waals surface area contributed by atoms with Crippen molar-refractivity contribution in [2.45, 2.75) is 52.0 Å². The molecule has 0 heterocycles. The maximum absolute atomic E-state index is 12.6. The topological polar surface area (TPSA) is 72.6 Å². The van der Waals surface area contributed by atoms with E-state index in [4.69, 9.17) is 10.5 Å². The normalized spacial score (nSPS) is 27.9. The number of likely N-dealkylation sites (N-methyl/N-ethyl adjacent to an activating group) is 1. The summed E-state index contributed by atoms with van der Waals surface area (Å²) in [5.74, 6) is 0.714. The second kappa shape index (κ2) is 7.73. The van der Waals surface area contributed by atoms with Gasteiger partial charge in [0.2, 0.25) is 10.0 Å². The number of hydrogen-bond donors (Lipinski definition) is 1. The summed E-state index contributed by atoms with van der Waals surface area (Å²) in [6.07, 6.45) is 3.84. The minimum absolute atomic E-state index is 0.0476. The highest BCUT2D eigenvalue weighted by Gasteiger charge is 2.43. The molecule has 6 heteroatoms. The second-order valence-corrected chi connectivity index (χ2v) is 7.80. The highest BCUT2D eigenvalue weighted by atomic mass is 32.2. The first-order valence-corrected chi connectivity index (χ1v) is 9.31. The fraction of sp³-hybridized carbons (Fsp3) is 1.00. The molecule has 20 heavy (non-hydrogen) atoms. The first-order valence-electron chi connectivity index (χ1n) is 7.70. The summed E-state index contributed by atoms with van der Waals surface area (Å²) in [6, 6.07) is 0. The number of nitrogens with zero attached hydrogens (tertiary/aromatic N) is 1. The second-order valence-electron chi connectivity index (χ2n) is 5.79. The molecular formula is C14H30N2O3S. The van der Waals surface area contributed by atoms with Crippen molar-refractivity contribution < 1.29 is 13.2 Å². The molecule has 0 saturated heterocycles. The smallest absolute Gasteiger partial charge is 0.216 e. The number of sulfonamides is 1. The molecule has 0 amide bonds. The van der Waals surface area contributed by atoms with E-state index in [0.717, 1.165) is 25.7 Å². The molecule has 120 valence electrons. The Kier molecular flexibility index (Phi) is 6.91. The van der Waals surface area contributed by atoms with Gasteiger partial charge in [-0.2, -0.15) is 4.31 Å². The Labute approximate surface area is 123 Å². The zero-order valence-electron chi connectivity index (χ0n) is 13.1. The number of ether oxygens (including phenoxy) is 1. The molecule has 1 fully saturated rings. The molecule has 1 saturated carbocycles. The minimum atomic E-state index is -3.30. The van der Waals surface area contributed by atoms with Crippen molar-refractivity contribution in [2.24, 2.45) is 11.7 Å². The molecule has 0 radical (unpaired) electrons. The van der Waals surface area contributed by atoms with Crippen LogP contribution in [0.15, 0.2) is 0 Å². The van der Waals surface area contributed by atoms with Gasteiger partial charge in [-0.25, -0.2) is 8.42 Å². The predicted octanol–water partition coefficient (Wildman–Crippen LogP) is 1.58. The van der Waals surface area contributed by atoms with Gasteiger partial charge in [-0.15, -0.1) is 0 Å². The average molecular weight is 306 g/mol. The van der Waals surface area contributed by atoms with Crippen molar-refractivity contribution in [2.75, 3.05) is 32.1 Å². The van der Waals surface area contributed by atoms with Crippen LogP contribution in [0.2, 0.25) is 0 Å². The maximum Gasteiger partial charge on any atom is 0.216 e. The van der Waals surface area contributed by atoms with E-state index in [1.807, 2.05) is 13.8 Å². The molecule has 0 unspecified atom stereocenters. The summed E-state index contributed by atoms with van der Waals surface area (Å²) < 4.78 is 32.0. The Morgan fingerprint density at radius 1 is 1.30 bits per heavy atom. The van der Waals surface area contributed by atoms with E-state index >= 15 is 0 Å². The lowest BCUT2D eigenvalue weighted by atomic mass is 9.77. The molecule has 1 aliphatic carbocycles. The first-order chi connectivity index (χ1) is 9.41. The standard InChI is InChI=1S/C14H30N2O3S/c1-4-16(20(17,18)11-10-19-5-2)14(12-15)8-6-13(3)7-9-14/h13H,4-12,15H2,1-3H3. The van der Waals surface area contributed by atoms with Crippen LogP contribution in [0.25, 0.3) is 0 Å². The molecule has 1 aliphatic rings. The van der Waals surface area contributed by atoms with Crippen molar-refractivity contribution in [1.82, 2.24) is 4.31 Å². The van der Waals surface area contributed by atoms with Crippen LogP contribution in [0.1, 0.15) is 46.5 Å². The third-order valence-corrected chi connectivity index (χ3v) is 6.43. The zero-order chi connectivity index (χ0) is 15.2. The predicted molar refractivity (Wildman–Crippen MR) is 82.1 cm³/mol. The Morgan fingerprint density at radius 3 is 2.35 bits per heavy atom. The van der Waals surface area contributed by atoms with Crippen LogP contribution in [-0.2, 0) is 14.8 Å². The largest absolute Gasteiger partial charge is 0.381 e. The van der Waals surface area contributed by atoms with Gasteiger partial charge in [0.25, 0.3) is 0 Å². The molecule has 0 aromatic carbocycles. The van der Waals surface area contributed by atoms with Gasteiger partial charge in [-0.3, -0.25) is 0 Å². The van der Waals surface area contributed by atoms with Crippen molar-refractivity contribution in [3.8, 4) is 0 Å². The van der Waals surface area contributed by atoms with Crippen LogP contribution in [0.3, 0.4) is 0 Å². The van der Waals surface area contributed by atoms with Gasteiger partial charge in [0.1, 0.15) is 0 Å². The van der Waals surface area contributed by atoms with Gasteiger partial charge in [0.05, 0.1) is 12.4 Å². The van der Waals surface area contributed by atoms with E-state index in [2.05, 4.69) is 6.92 Å². The molecule has 0 aromatic rings. The summed E-state index contributed by atoms with van der Waals surface area (Å²) in [7, 11) is -3.30. The summed E-state index contributed by atoms with van der Waals surface area (Å²) in [4.78, 5) is 0. The van der Waals surface area contributed by atoms with E-state index < -0.39 is 10.0 Å². The maximum atomic E-state index is 12.6. The van der Waals surface area contributed by atoms with E-state index in [1.165, 1.54) is 0 Å². The Hall–Kier alpha value is -0.170. The van der Waals surface area contributed by atoms with Crippen LogP contribution >= 0.6 is 0 Å². The fourth-order valence-electron chi connectivity index (χ4n) is 3.10. The highest BCUT2D eigenvalue weighted by Crippen LogP contribution is 2.37. The lowest BCUT2D eigenvalue weighted by Crippen LogP contribution is -2.58. The van der Waals surface area contributed by atoms with E-state index in [1.54, 1.807) is 4.31 Å². The van der Waals surface area contributed by atoms with Gasteiger partial charge in [-0.1, -0.05) is 13.8 Å². The van der Waals surface area contributed by atoms with E-state index in [0.29, 0.717) is 25.6 Å². The fourth-order valence-corrected chi connectivity index (χ4v) is 4.89. The number of nitrogens with two attached hydrogens (primary N) is 1. The molecule has 1 rings (SSSR count). The van der Waals surface area contributed by atoms with Crippen molar-refractivity contribution in [3.63, 3.8) is 0 Å². The third-order valence-electron chi connectivity index (χ3n) is 4.43. The number of rotatable bonds is 8. The van der Waals surface area contributed by atoms with Crippen LogP contribution in [0.4, 0.5) is 0 Å². The Bertz CT molecular complexity index is 376. The molecule has 0 atom stereocenters. The number of hydrogen-bond acceptors (Lipinski definition) is 4. The van der Waals surface area contributed by atoms with Crippen molar-refractivity contribution >= 4 is 10.0 Å². The summed E-state index contributed by atoms with van der Waals surface area (Å²) in [5.41, 5.74) is 5.59. The van der Waals surface area contributed by atoms with Gasteiger partial charge >= 0.3 is 0 Å². The molecule has 2 N–H and O–H groups in total. The molecular weight excluding hydrogens is 276 g/mol. The van der Waals surface area contributed by atoms with Crippen molar-refractivity contribution in [1.29, 1.82) is 0 Å². The van der Waals surface area contributed by atoms with Crippen LogP contribution in [0, 0.1) is 5.92 Å². The van der Waals surface area contributed by atoms with Gasteiger partial charge in [0, 0.05) is 25.2 Å². The molecule has 0 aliphatic heterocycles. The Morgan fingerprint density at radius 2 is 1.90 bits per heavy atom. The van der Waals surface area contributed by atoms with Crippen LogP contribution in [0.5, 0.6) is 0 Å². The zero-order valence-corrected chi connectivity index (χ0v) is 13.9. The molecule has 0 bridgehead atoms. The average Bonchev–Trinajstić information content (AvgIpc) is 2.42. The SMILES string of the molecule is CCOCCS(=O)(=O)N(CC)C1(CN)CCC(C)CC1. The van der Waals surface area contributed by atoms with Gasteiger partial charge in [0.15, 0.2) is 0 Å². The monoisotopic (exact) mass is 306 g/mol. The highest BCUT2D eigenvalue weighted by molar-refractivity contribution is 7.89. The van der Waals surface area contributed by atoms with Gasteiger partial charge in [-0.05, 0) is 38.5 Å². The first kappa shape index (κ1) is 17.9. The van der Waals surface area contributed by atoms with Crippen LogP contribution < -0.4 is 5.73 Å². The lowest BCUT2D eigenvalue weighted by Gasteiger charge is -2.45. The molecule has 5 nitrogen and oxygen atoms in total. The van der Waals surface area contributed by atoms with Crippen LogP contribution in [-0.4, -0.2) is 50.3 Å². The summed E-state index contributed by atoms with van der Waals surface area (Å²) in [6.45, 7) is 7.68. The van der Waals surface area contributed by atoms with Crippen molar-refractivity contribution in [3.05, 3.63) is 0 Å². The summed E-state index contributed by atoms with van der Waals surface area (Å²) in [5, 5.41) is 0. The minimum Gasteiger partial charge on any atom is -0.381 e. The molecule has 0 aromatic heterocycles. The van der Waals surface area contributed by atoms with Gasteiger partial charge < -0.3 is 10.5 Å².